The van der Waals surface area contributed by atoms with Crippen LogP contribution >= 0.6 is 0 Å². The lowest BCUT2D eigenvalue weighted by Gasteiger charge is -2.19. The molecule has 0 radical (unpaired) electrons. The Morgan fingerprint density at radius 2 is 1.33 bits per heavy atom. The van der Waals surface area contributed by atoms with Crippen LogP contribution in [-0.4, -0.2) is 11.9 Å². The zero-order valence-corrected chi connectivity index (χ0v) is 11.9. The average molecular weight is 284 g/mol. The van der Waals surface area contributed by atoms with Crippen LogP contribution < -0.4 is 0 Å². The second kappa shape index (κ2) is 6.70. The van der Waals surface area contributed by atoms with Gasteiger partial charge in [-0.15, -0.1) is 0 Å². The maximum absolute atomic E-state index is 11.2. The van der Waals surface area contributed by atoms with Gasteiger partial charge in [-0.3, -0.25) is 9.59 Å². The Kier molecular flexibility index (Phi) is 4.72. The van der Waals surface area contributed by atoms with Gasteiger partial charge in [0.2, 0.25) is 0 Å². The van der Waals surface area contributed by atoms with E-state index >= 15 is 0 Å². The fraction of sp³-hybridized carbons (Fsp3) is 0.176. The molecular formula is C17H16O4. The smallest absolute Gasteiger partial charge is 0.305 e. The van der Waals surface area contributed by atoms with Crippen LogP contribution in [0.15, 0.2) is 54.6 Å². The Bertz CT molecular complexity index is 618. The van der Waals surface area contributed by atoms with Crippen LogP contribution in [0.25, 0.3) is 11.1 Å². The Morgan fingerprint density at radius 1 is 0.810 bits per heavy atom. The van der Waals surface area contributed by atoms with Gasteiger partial charge in [0, 0.05) is 19.4 Å². The number of hydrogen-bond donors (Lipinski definition) is 0. The van der Waals surface area contributed by atoms with E-state index in [2.05, 4.69) is 0 Å². The van der Waals surface area contributed by atoms with Gasteiger partial charge in [-0.25, -0.2) is 0 Å². The van der Waals surface area contributed by atoms with Crippen molar-refractivity contribution in [2.45, 2.75) is 20.1 Å². The van der Waals surface area contributed by atoms with Crippen molar-refractivity contribution in [2.75, 3.05) is 0 Å². The first-order valence-corrected chi connectivity index (χ1v) is 6.56. The first-order chi connectivity index (χ1) is 10.1. The zero-order valence-electron chi connectivity index (χ0n) is 11.9. The molecule has 2 rings (SSSR count). The maximum Gasteiger partial charge on any atom is 0.305 e. The minimum absolute atomic E-state index is 0.510. The molecule has 0 fully saturated rings. The van der Waals surface area contributed by atoms with E-state index in [9.17, 15) is 9.59 Å². The lowest BCUT2D eigenvalue weighted by Crippen LogP contribution is -2.15. The van der Waals surface area contributed by atoms with E-state index in [1.807, 2.05) is 48.5 Å². The third kappa shape index (κ3) is 3.92. The summed E-state index contributed by atoms with van der Waals surface area (Å²) < 4.78 is 10.3. The molecule has 21 heavy (non-hydrogen) atoms. The Balaban J connectivity index is 2.45. The summed E-state index contributed by atoms with van der Waals surface area (Å²) in [5, 5.41) is 0. The van der Waals surface area contributed by atoms with Gasteiger partial charge >= 0.3 is 11.9 Å². The summed E-state index contributed by atoms with van der Waals surface area (Å²) in [6, 6.07) is 17.0. The van der Waals surface area contributed by atoms with Gasteiger partial charge in [-0.05, 0) is 11.1 Å². The van der Waals surface area contributed by atoms with Gasteiger partial charge in [-0.2, -0.15) is 0 Å². The maximum atomic E-state index is 11.2. The van der Waals surface area contributed by atoms with Crippen LogP contribution in [-0.2, 0) is 19.1 Å². The van der Waals surface area contributed by atoms with Gasteiger partial charge in [-0.1, -0.05) is 54.6 Å². The highest BCUT2D eigenvalue weighted by Crippen LogP contribution is 2.30. The van der Waals surface area contributed by atoms with E-state index in [-0.39, 0.29) is 0 Å². The first-order valence-electron chi connectivity index (χ1n) is 6.56. The minimum Gasteiger partial charge on any atom is -0.421 e. The number of rotatable bonds is 4. The van der Waals surface area contributed by atoms with E-state index in [1.165, 1.54) is 13.8 Å². The fourth-order valence-corrected chi connectivity index (χ4v) is 2.04. The van der Waals surface area contributed by atoms with E-state index in [4.69, 9.17) is 9.47 Å². The average Bonchev–Trinajstić information content (AvgIpc) is 2.46. The zero-order chi connectivity index (χ0) is 15.2. The highest BCUT2D eigenvalue weighted by Gasteiger charge is 2.21. The number of benzene rings is 2. The van der Waals surface area contributed by atoms with Gasteiger partial charge in [0.25, 0.3) is 6.29 Å². The summed E-state index contributed by atoms with van der Waals surface area (Å²) >= 11 is 0. The molecule has 4 heteroatoms. The number of ether oxygens (including phenoxy) is 2. The Morgan fingerprint density at radius 3 is 1.90 bits per heavy atom. The van der Waals surface area contributed by atoms with E-state index in [0.29, 0.717) is 5.56 Å². The van der Waals surface area contributed by atoms with Crippen molar-refractivity contribution in [3.05, 3.63) is 60.2 Å². The van der Waals surface area contributed by atoms with Crippen molar-refractivity contribution in [2.24, 2.45) is 0 Å². The normalized spacial score (nSPS) is 10.2. The van der Waals surface area contributed by atoms with Crippen LogP contribution in [0.1, 0.15) is 25.7 Å². The van der Waals surface area contributed by atoms with E-state index in [0.717, 1.165) is 11.1 Å². The molecule has 0 amide bonds. The fourth-order valence-electron chi connectivity index (χ4n) is 2.04. The second-order valence-corrected chi connectivity index (χ2v) is 4.50. The molecule has 0 unspecified atom stereocenters. The van der Waals surface area contributed by atoms with Gasteiger partial charge in [0.05, 0.1) is 0 Å². The molecule has 2 aromatic carbocycles. The predicted octanol–water partition coefficient (Wildman–Crippen LogP) is 3.48. The lowest BCUT2D eigenvalue weighted by atomic mass is 9.99. The molecule has 2 aromatic rings. The quantitative estimate of drug-likeness (QED) is 0.637. The number of esters is 2. The molecule has 0 aliphatic heterocycles. The highest BCUT2D eigenvalue weighted by molar-refractivity contribution is 5.71. The SMILES string of the molecule is CC(=O)OC(OC(C)=O)c1ccccc1-c1ccccc1. The predicted molar refractivity (Wildman–Crippen MR) is 78.2 cm³/mol. The van der Waals surface area contributed by atoms with Crippen molar-refractivity contribution >= 4 is 11.9 Å². The molecule has 0 aliphatic carbocycles. The van der Waals surface area contributed by atoms with Gasteiger partial charge in [0.15, 0.2) is 0 Å². The summed E-state index contributed by atoms with van der Waals surface area (Å²) in [6.45, 7) is 2.56. The molecule has 4 nitrogen and oxygen atoms in total. The number of carbonyl (C=O) groups is 2. The number of hydrogen-bond acceptors (Lipinski definition) is 4. The van der Waals surface area contributed by atoms with Crippen LogP contribution in [0.2, 0.25) is 0 Å². The van der Waals surface area contributed by atoms with Crippen LogP contribution in [0.4, 0.5) is 0 Å². The van der Waals surface area contributed by atoms with E-state index < -0.39 is 18.2 Å². The monoisotopic (exact) mass is 284 g/mol. The van der Waals surface area contributed by atoms with E-state index in [1.54, 1.807) is 6.07 Å². The summed E-state index contributed by atoms with van der Waals surface area (Å²) in [4.78, 5) is 22.5. The number of carbonyl (C=O) groups excluding carboxylic acids is 2. The standard InChI is InChI=1S/C17H16O4/c1-12(18)20-17(21-13(2)19)16-11-7-6-10-15(16)14-8-4-3-5-9-14/h3-11,17H,1-2H3. The summed E-state index contributed by atoms with van der Waals surface area (Å²) in [5.74, 6) is -1.02. The third-order valence-corrected chi connectivity index (χ3v) is 2.85. The third-order valence-electron chi connectivity index (χ3n) is 2.85. The molecule has 0 saturated heterocycles. The molecular weight excluding hydrogens is 268 g/mol. The van der Waals surface area contributed by atoms with Crippen LogP contribution in [0.3, 0.4) is 0 Å². The molecule has 0 aliphatic rings. The van der Waals surface area contributed by atoms with Crippen molar-refractivity contribution < 1.29 is 19.1 Å². The molecule has 0 heterocycles. The second-order valence-electron chi connectivity index (χ2n) is 4.50. The molecule has 108 valence electrons. The molecule has 0 atom stereocenters. The van der Waals surface area contributed by atoms with Crippen molar-refractivity contribution in [1.29, 1.82) is 0 Å². The van der Waals surface area contributed by atoms with Crippen molar-refractivity contribution in [1.82, 2.24) is 0 Å². The largest absolute Gasteiger partial charge is 0.421 e. The van der Waals surface area contributed by atoms with Gasteiger partial charge in [0.1, 0.15) is 0 Å². The molecule has 0 spiro atoms. The van der Waals surface area contributed by atoms with Crippen molar-refractivity contribution in [3.63, 3.8) is 0 Å². The molecule has 0 bridgehead atoms. The Hall–Kier alpha value is -2.62. The lowest BCUT2D eigenvalue weighted by molar-refractivity contribution is -0.186. The summed E-state index contributed by atoms with van der Waals surface area (Å²) in [6.07, 6.45) is -1.04. The summed E-state index contributed by atoms with van der Waals surface area (Å²) in [5.41, 5.74) is 2.44. The highest BCUT2D eigenvalue weighted by atomic mass is 16.7. The van der Waals surface area contributed by atoms with Crippen molar-refractivity contribution in [3.8, 4) is 11.1 Å². The van der Waals surface area contributed by atoms with Gasteiger partial charge < -0.3 is 9.47 Å². The summed E-state index contributed by atoms with van der Waals surface area (Å²) in [7, 11) is 0. The topological polar surface area (TPSA) is 52.6 Å². The van der Waals surface area contributed by atoms with Crippen LogP contribution in [0, 0.1) is 0 Å². The minimum atomic E-state index is -1.04. The molecule has 0 aromatic heterocycles. The van der Waals surface area contributed by atoms with Crippen LogP contribution in [0.5, 0.6) is 0 Å². The molecule has 0 saturated carbocycles. The Labute approximate surface area is 123 Å². The molecule has 0 N–H and O–H groups in total. The first kappa shape index (κ1) is 14.8.